The minimum absolute atomic E-state index is 0.176. The fourth-order valence-corrected chi connectivity index (χ4v) is 4.03. The number of aromatic nitrogens is 2. The van der Waals surface area contributed by atoms with Crippen molar-refractivity contribution in [2.75, 3.05) is 26.2 Å². The van der Waals surface area contributed by atoms with E-state index in [4.69, 9.17) is 0 Å². The zero-order valence-corrected chi connectivity index (χ0v) is 14.0. The maximum absolute atomic E-state index is 12.6. The third-order valence-electron chi connectivity index (χ3n) is 4.01. The molecule has 1 aliphatic rings. The number of aromatic amines is 2. The van der Waals surface area contributed by atoms with Crippen LogP contribution in [0.15, 0.2) is 40.2 Å². The smallest absolute Gasteiger partial charge is 0.323 e. The molecule has 2 aromatic rings. The third kappa shape index (κ3) is 3.13. The summed E-state index contributed by atoms with van der Waals surface area (Å²) in [6.45, 7) is 2.88. The molecule has 9 heteroatoms. The molecule has 0 radical (unpaired) electrons. The summed E-state index contributed by atoms with van der Waals surface area (Å²) < 4.78 is 26.6. The number of carbonyl (C=O) groups excluding carboxylic acids is 1. The van der Waals surface area contributed by atoms with Crippen LogP contribution in [-0.2, 0) is 10.0 Å². The Kier molecular flexibility index (Phi) is 4.29. The summed E-state index contributed by atoms with van der Waals surface area (Å²) in [5.74, 6) is -0.319. The van der Waals surface area contributed by atoms with Crippen molar-refractivity contribution < 1.29 is 13.2 Å². The van der Waals surface area contributed by atoms with E-state index in [1.54, 1.807) is 24.3 Å². The lowest BCUT2D eigenvalue weighted by molar-refractivity contribution is 0.0692. The number of benzene rings is 1. The van der Waals surface area contributed by atoms with Gasteiger partial charge in [0.05, 0.1) is 4.90 Å². The number of amides is 1. The number of nitrogens with one attached hydrogen (secondary N) is 2. The number of nitrogens with zero attached hydrogens (tertiary/aromatic N) is 2. The highest BCUT2D eigenvalue weighted by molar-refractivity contribution is 7.89. The van der Waals surface area contributed by atoms with Gasteiger partial charge in [0.2, 0.25) is 10.0 Å². The van der Waals surface area contributed by atoms with Crippen molar-refractivity contribution >= 4 is 15.9 Å². The molecule has 1 fully saturated rings. The summed E-state index contributed by atoms with van der Waals surface area (Å²) >= 11 is 0. The molecule has 2 N–H and O–H groups in total. The van der Waals surface area contributed by atoms with Gasteiger partial charge in [0.15, 0.2) is 0 Å². The summed E-state index contributed by atoms with van der Waals surface area (Å²) in [7, 11) is -3.56. The van der Waals surface area contributed by atoms with Crippen molar-refractivity contribution in [1.29, 1.82) is 0 Å². The highest BCUT2D eigenvalue weighted by Crippen LogP contribution is 2.18. The first-order valence-corrected chi connectivity index (χ1v) is 8.96. The maximum Gasteiger partial charge on any atom is 0.323 e. The Morgan fingerprint density at radius 1 is 1.08 bits per heavy atom. The van der Waals surface area contributed by atoms with Crippen molar-refractivity contribution in [3.63, 3.8) is 0 Å². The van der Waals surface area contributed by atoms with Crippen molar-refractivity contribution in [3.8, 4) is 0 Å². The number of hydrogen-bond donors (Lipinski definition) is 2. The Labute approximate surface area is 139 Å². The fraction of sp³-hybridized carbons (Fsp3) is 0.333. The van der Waals surface area contributed by atoms with Crippen LogP contribution in [0, 0.1) is 6.92 Å². The Morgan fingerprint density at radius 2 is 1.71 bits per heavy atom. The first kappa shape index (κ1) is 16.5. The number of imidazole rings is 1. The maximum atomic E-state index is 12.6. The molecular weight excluding hydrogens is 332 g/mol. The van der Waals surface area contributed by atoms with Gasteiger partial charge in [-0.3, -0.25) is 4.79 Å². The molecular formula is C15H18N4O4S. The van der Waals surface area contributed by atoms with Gasteiger partial charge >= 0.3 is 5.69 Å². The van der Waals surface area contributed by atoms with Gasteiger partial charge in [0.1, 0.15) is 5.69 Å². The van der Waals surface area contributed by atoms with Crippen LogP contribution >= 0.6 is 0 Å². The van der Waals surface area contributed by atoms with Gasteiger partial charge in [-0.1, -0.05) is 17.7 Å². The lowest BCUT2D eigenvalue weighted by Gasteiger charge is -2.33. The Hall–Kier alpha value is -2.39. The van der Waals surface area contributed by atoms with E-state index in [1.807, 2.05) is 6.92 Å². The van der Waals surface area contributed by atoms with E-state index in [1.165, 1.54) is 15.4 Å². The van der Waals surface area contributed by atoms with E-state index in [-0.39, 0.29) is 42.7 Å². The molecule has 1 aliphatic heterocycles. The van der Waals surface area contributed by atoms with E-state index in [0.717, 1.165) is 5.56 Å². The van der Waals surface area contributed by atoms with Gasteiger partial charge in [0.25, 0.3) is 5.91 Å². The first-order valence-electron chi connectivity index (χ1n) is 7.52. The van der Waals surface area contributed by atoms with Gasteiger partial charge < -0.3 is 14.9 Å². The summed E-state index contributed by atoms with van der Waals surface area (Å²) in [6.07, 6.45) is 1.32. The molecule has 1 saturated heterocycles. The van der Waals surface area contributed by atoms with Crippen LogP contribution in [0.2, 0.25) is 0 Å². The summed E-state index contributed by atoms with van der Waals surface area (Å²) in [4.78, 5) is 29.9. The molecule has 1 aromatic heterocycles. The van der Waals surface area contributed by atoms with Gasteiger partial charge in [-0.15, -0.1) is 0 Å². The van der Waals surface area contributed by atoms with E-state index in [2.05, 4.69) is 9.97 Å². The van der Waals surface area contributed by atoms with Crippen LogP contribution in [-0.4, -0.2) is 59.7 Å². The molecule has 1 amide bonds. The molecule has 0 aliphatic carbocycles. The highest BCUT2D eigenvalue weighted by Gasteiger charge is 2.30. The summed E-state index contributed by atoms with van der Waals surface area (Å²) in [5, 5.41) is 0. The molecule has 0 atom stereocenters. The topological polar surface area (TPSA) is 106 Å². The number of sulfonamides is 1. The quantitative estimate of drug-likeness (QED) is 0.822. The molecule has 0 spiro atoms. The predicted octanol–water partition coefficient (Wildman–Crippen LogP) is 0.158. The zero-order valence-electron chi connectivity index (χ0n) is 13.2. The van der Waals surface area contributed by atoms with Crippen LogP contribution in [0.3, 0.4) is 0 Å². The van der Waals surface area contributed by atoms with Crippen molar-refractivity contribution in [2.24, 2.45) is 0 Å². The van der Waals surface area contributed by atoms with E-state index >= 15 is 0 Å². The average molecular weight is 350 g/mol. The standard InChI is InChI=1S/C15H18N4O4S/c1-11-2-4-12(5-3-11)24(22,23)19-8-6-18(7-9-19)14(20)13-10-16-15(21)17-13/h2-5,10H,6-9H2,1H3,(H2,16,17,21). The number of piperazine rings is 1. The minimum atomic E-state index is -3.56. The predicted molar refractivity (Wildman–Crippen MR) is 87.3 cm³/mol. The average Bonchev–Trinajstić information content (AvgIpc) is 3.01. The number of hydrogen-bond acceptors (Lipinski definition) is 4. The van der Waals surface area contributed by atoms with E-state index in [0.29, 0.717) is 0 Å². The van der Waals surface area contributed by atoms with Gasteiger partial charge in [0, 0.05) is 32.4 Å². The Balaban J connectivity index is 1.69. The van der Waals surface area contributed by atoms with Gasteiger partial charge in [-0.05, 0) is 19.1 Å². The zero-order chi connectivity index (χ0) is 17.3. The first-order chi connectivity index (χ1) is 11.4. The third-order valence-corrected chi connectivity index (χ3v) is 5.92. The second-order valence-corrected chi connectivity index (χ2v) is 7.60. The lowest BCUT2D eigenvalue weighted by Crippen LogP contribution is -2.50. The molecule has 3 rings (SSSR count). The fourth-order valence-electron chi connectivity index (χ4n) is 2.61. The van der Waals surface area contributed by atoms with Crippen molar-refractivity contribution in [2.45, 2.75) is 11.8 Å². The van der Waals surface area contributed by atoms with Crippen LogP contribution in [0.5, 0.6) is 0 Å². The molecule has 1 aromatic carbocycles. The van der Waals surface area contributed by atoms with E-state index < -0.39 is 15.7 Å². The second-order valence-electron chi connectivity index (χ2n) is 5.67. The lowest BCUT2D eigenvalue weighted by atomic mass is 10.2. The molecule has 2 heterocycles. The summed E-state index contributed by atoms with van der Waals surface area (Å²) in [5.41, 5.74) is 0.721. The number of aryl methyl sites for hydroxylation is 1. The molecule has 24 heavy (non-hydrogen) atoms. The number of H-pyrrole nitrogens is 2. The van der Waals surface area contributed by atoms with Crippen molar-refractivity contribution in [3.05, 3.63) is 52.2 Å². The second kappa shape index (κ2) is 6.25. The van der Waals surface area contributed by atoms with Crippen LogP contribution < -0.4 is 5.69 Å². The van der Waals surface area contributed by atoms with Gasteiger partial charge in [-0.2, -0.15) is 4.31 Å². The molecule has 0 unspecified atom stereocenters. The van der Waals surface area contributed by atoms with Crippen LogP contribution in [0.1, 0.15) is 16.1 Å². The number of carbonyl (C=O) groups is 1. The van der Waals surface area contributed by atoms with Crippen LogP contribution in [0.4, 0.5) is 0 Å². The summed E-state index contributed by atoms with van der Waals surface area (Å²) in [6, 6.07) is 6.70. The minimum Gasteiger partial charge on any atom is -0.335 e. The molecule has 128 valence electrons. The van der Waals surface area contributed by atoms with Crippen LogP contribution in [0.25, 0.3) is 0 Å². The highest BCUT2D eigenvalue weighted by atomic mass is 32.2. The van der Waals surface area contributed by atoms with Crippen molar-refractivity contribution in [1.82, 2.24) is 19.2 Å². The Morgan fingerprint density at radius 3 is 2.25 bits per heavy atom. The monoisotopic (exact) mass is 350 g/mol. The molecule has 8 nitrogen and oxygen atoms in total. The molecule has 0 saturated carbocycles. The largest absolute Gasteiger partial charge is 0.335 e. The SMILES string of the molecule is Cc1ccc(S(=O)(=O)N2CCN(C(=O)c3c[nH]c(=O)[nH]3)CC2)cc1. The van der Waals surface area contributed by atoms with Gasteiger partial charge in [-0.25, -0.2) is 13.2 Å². The molecule has 0 bridgehead atoms. The normalized spacial score (nSPS) is 16.3. The Bertz CT molecular complexity index is 890. The number of rotatable bonds is 3. The van der Waals surface area contributed by atoms with E-state index in [9.17, 15) is 18.0 Å².